The summed E-state index contributed by atoms with van der Waals surface area (Å²) in [5.74, 6) is 0.0832. The van der Waals surface area contributed by atoms with Gasteiger partial charge in [0.25, 0.3) is 5.91 Å². The molecule has 1 N–H and O–H groups in total. The van der Waals surface area contributed by atoms with Gasteiger partial charge in [0, 0.05) is 37.4 Å². The molecule has 0 aromatic carbocycles. The van der Waals surface area contributed by atoms with Crippen LogP contribution in [-0.2, 0) is 11.3 Å². The summed E-state index contributed by atoms with van der Waals surface area (Å²) in [6, 6.07) is 7.17. The van der Waals surface area contributed by atoms with Gasteiger partial charge >= 0.3 is 0 Å². The van der Waals surface area contributed by atoms with E-state index in [1.165, 1.54) is 6.26 Å². The van der Waals surface area contributed by atoms with Crippen molar-refractivity contribution in [1.82, 2.24) is 15.2 Å². The predicted octanol–water partition coefficient (Wildman–Crippen LogP) is 2.23. The van der Waals surface area contributed by atoms with Gasteiger partial charge in [0.2, 0.25) is 5.91 Å². The van der Waals surface area contributed by atoms with Crippen LogP contribution in [-0.4, -0.2) is 34.8 Å². The zero-order valence-corrected chi connectivity index (χ0v) is 14.0. The van der Waals surface area contributed by atoms with Gasteiger partial charge in [-0.15, -0.1) is 0 Å². The van der Waals surface area contributed by atoms with Crippen molar-refractivity contribution in [3.8, 4) is 0 Å². The smallest absolute Gasteiger partial charge is 0.289 e. The van der Waals surface area contributed by atoms with Gasteiger partial charge in [-0.3, -0.25) is 14.6 Å². The van der Waals surface area contributed by atoms with Gasteiger partial charge in [-0.2, -0.15) is 0 Å². The van der Waals surface area contributed by atoms with E-state index in [0.29, 0.717) is 25.4 Å². The molecular weight excluding hydrogens is 318 g/mol. The maximum atomic E-state index is 12.8. The van der Waals surface area contributed by atoms with Crippen LogP contribution in [0.1, 0.15) is 35.4 Å². The molecule has 1 aliphatic heterocycles. The molecule has 2 fully saturated rings. The molecule has 1 unspecified atom stereocenters. The van der Waals surface area contributed by atoms with Crippen LogP contribution in [0, 0.1) is 11.3 Å². The van der Waals surface area contributed by atoms with E-state index in [9.17, 15) is 9.59 Å². The molecule has 25 heavy (non-hydrogen) atoms. The lowest BCUT2D eigenvalue weighted by Crippen LogP contribution is -2.45. The highest BCUT2D eigenvalue weighted by Gasteiger charge is 2.54. The second kappa shape index (κ2) is 6.35. The van der Waals surface area contributed by atoms with Crippen LogP contribution in [0.5, 0.6) is 0 Å². The molecule has 1 spiro atoms. The lowest BCUT2D eigenvalue weighted by atomic mass is 9.62. The second-order valence-electron chi connectivity index (χ2n) is 7.01. The molecule has 1 aliphatic carbocycles. The molecule has 1 atom stereocenters. The number of furan rings is 1. The Bertz CT molecular complexity index is 753. The van der Waals surface area contributed by atoms with Crippen molar-refractivity contribution in [2.75, 3.05) is 13.1 Å². The van der Waals surface area contributed by atoms with Crippen molar-refractivity contribution in [2.24, 2.45) is 11.3 Å². The first-order chi connectivity index (χ1) is 12.2. The first kappa shape index (κ1) is 15.9. The highest BCUT2D eigenvalue weighted by Crippen LogP contribution is 2.52. The maximum Gasteiger partial charge on any atom is 0.289 e. The third kappa shape index (κ3) is 2.92. The molecule has 0 bridgehead atoms. The normalized spacial score (nSPS) is 21.1. The minimum absolute atomic E-state index is 0.0262. The number of hydrogen-bond donors (Lipinski definition) is 1. The third-order valence-corrected chi connectivity index (χ3v) is 5.52. The van der Waals surface area contributed by atoms with Crippen LogP contribution in [0.25, 0.3) is 0 Å². The summed E-state index contributed by atoms with van der Waals surface area (Å²) >= 11 is 0. The average molecular weight is 339 g/mol. The molecule has 0 radical (unpaired) electrons. The summed E-state index contributed by atoms with van der Waals surface area (Å²) in [7, 11) is 0. The Labute approximate surface area is 146 Å². The topological polar surface area (TPSA) is 75.4 Å². The van der Waals surface area contributed by atoms with Gasteiger partial charge in [-0.05, 0) is 36.6 Å². The number of rotatable bonds is 4. The molecule has 1 saturated heterocycles. The fourth-order valence-corrected chi connectivity index (χ4v) is 3.99. The van der Waals surface area contributed by atoms with Crippen molar-refractivity contribution < 1.29 is 14.0 Å². The van der Waals surface area contributed by atoms with Gasteiger partial charge < -0.3 is 14.6 Å². The molecule has 1 saturated carbocycles. The molecule has 2 aromatic rings. The van der Waals surface area contributed by atoms with Crippen molar-refractivity contribution in [2.45, 2.75) is 25.8 Å². The van der Waals surface area contributed by atoms with Gasteiger partial charge in [-0.1, -0.05) is 12.5 Å². The van der Waals surface area contributed by atoms with E-state index in [1.54, 1.807) is 29.4 Å². The van der Waals surface area contributed by atoms with Crippen LogP contribution in [0.3, 0.4) is 0 Å². The van der Waals surface area contributed by atoms with Crippen LogP contribution in [0.15, 0.2) is 47.3 Å². The van der Waals surface area contributed by atoms with E-state index < -0.39 is 0 Å². The Morgan fingerprint density at radius 3 is 2.84 bits per heavy atom. The number of pyridine rings is 1. The lowest BCUT2D eigenvalue weighted by Gasteiger charge is -2.41. The Morgan fingerprint density at radius 1 is 1.32 bits per heavy atom. The van der Waals surface area contributed by atoms with Crippen LogP contribution >= 0.6 is 0 Å². The Kier molecular flexibility index (Phi) is 4.03. The SMILES string of the molecule is O=C(NCc1cccnc1)C1CN(C(=O)c2ccco2)CC12CCC2. The number of amides is 2. The molecule has 4 rings (SSSR count). The van der Waals surface area contributed by atoms with Crippen LogP contribution in [0.4, 0.5) is 0 Å². The summed E-state index contributed by atoms with van der Waals surface area (Å²) in [6.45, 7) is 1.56. The fourth-order valence-electron chi connectivity index (χ4n) is 3.99. The zero-order valence-electron chi connectivity index (χ0n) is 14.0. The van der Waals surface area contributed by atoms with Crippen LogP contribution < -0.4 is 5.32 Å². The van der Waals surface area contributed by atoms with E-state index in [2.05, 4.69) is 10.3 Å². The zero-order chi connectivity index (χ0) is 17.3. The Balaban J connectivity index is 1.44. The number of likely N-dealkylation sites (tertiary alicyclic amines) is 1. The Hall–Kier alpha value is -2.63. The number of nitrogens with zero attached hydrogens (tertiary/aromatic N) is 2. The van der Waals surface area contributed by atoms with E-state index in [0.717, 1.165) is 24.8 Å². The van der Waals surface area contributed by atoms with Gasteiger partial charge in [0.05, 0.1) is 12.2 Å². The highest BCUT2D eigenvalue weighted by molar-refractivity contribution is 5.92. The van der Waals surface area contributed by atoms with Crippen molar-refractivity contribution in [1.29, 1.82) is 0 Å². The number of carbonyl (C=O) groups excluding carboxylic acids is 2. The maximum absolute atomic E-state index is 12.8. The summed E-state index contributed by atoms with van der Waals surface area (Å²) in [6.07, 6.45) is 8.08. The number of hydrogen-bond acceptors (Lipinski definition) is 4. The molecule has 6 heteroatoms. The fraction of sp³-hybridized carbons (Fsp3) is 0.421. The highest BCUT2D eigenvalue weighted by atomic mass is 16.3. The van der Waals surface area contributed by atoms with E-state index in [4.69, 9.17) is 4.42 Å². The summed E-state index contributed by atoms with van der Waals surface area (Å²) < 4.78 is 5.23. The molecule has 3 heterocycles. The van der Waals surface area contributed by atoms with Crippen molar-refractivity contribution in [3.05, 3.63) is 54.2 Å². The number of carbonyl (C=O) groups is 2. The number of nitrogens with one attached hydrogen (secondary N) is 1. The van der Waals surface area contributed by atoms with Gasteiger partial charge in [0.1, 0.15) is 0 Å². The molecule has 130 valence electrons. The van der Waals surface area contributed by atoms with Crippen molar-refractivity contribution >= 4 is 11.8 Å². The predicted molar refractivity (Wildman–Crippen MR) is 90.5 cm³/mol. The van der Waals surface area contributed by atoms with E-state index >= 15 is 0 Å². The first-order valence-electron chi connectivity index (χ1n) is 8.67. The monoisotopic (exact) mass is 339 g/mol. The third-order valence-electron chi connectivity index (χ3n) is 5.52. The van der Waals surface area contributed by atoms with E-state index in [1.807, 2.05) is 12.1 Å². The summed E-state index contributed by atoms with van der Waals surface area (Å²) in [5.41, 5.74) is 0.904. The molecule has 6 nitrogen and oxygen atoms in total. The quantitative estimate of drug-likeness (QED) is 0.927. The van der Waals surface area contributed by atoms with Crippen LogP contribution in [0.2, 0.25) is 0 Å². The minimum atomic E-state index is -0.156. The van der Waals surface area contributed by atoms with Gasteiger partial charge in [0.15, 0.2) is 5.76 Å². The standard InChI is InChI=1S/C19H21N3O3/c23-17(21-11-14-4-1-8-20-10-14)15-12-22(13-19(15)6-3-7-19)18(24)16-5-2-9-25-16/h1-2,4-5,8-10,15H,3,6-7,11-13H2,(H,21,23). The second-order valence-corrected chi connectivity index (χ2v) is 7.01. The number of aromatic nitrogens is 1. The van der Waals surface area contributed by atoms with Crippen molar-refractivity contribution in [3.63, 3.8) is 0 Å². The molecule has 2 aromatic heterocycles. The summed E-state index contributed by atoms with van der Waals surface area (Å²) in [5, 5.41) is 3.02. The lowest BCUT2D eigenvalue weighted by molar-refractivity contribution is -0.129. The molecular formula is C19H21N3O3. The Morgan fingerprint density at radius 2 is 2.20 bits per heavy atom. The largest absolute Gasteiger partial charge is 0.459 e. The van der Waals surface area contributed by atoms with E-state index in [-0.39, 0.29) is 23.1 Å². The van der Waals surface area contributed by atoms with Gasteiger partial charge in [-0.25, -0.2) is 0 Å². The molecule has 2 amide bonds. The first-order valence-corrected chi connectivity index (χ1v) is 8.67. The average Bonchev–Trinajstić information content (AvgIpc) is 3.27. The molecule has 2 aliphatic rings. The minimum Gasteiger partial charge on any atom is -0.459 e. The summed E-state index contributed by atoms with van der Waals surface area (Å²) in [4.78, 5) is 31.2.